The molecule has 3 heterocycles. The Hall–Kier alpha value is -1.95. The first-order valence-electron chi connectivity index (χ1n) is 7.14. The van der Waals surface area contributed by atoms with Crippen molar-refractivity contribution < 1.29 is 0 Å². The van der Waals surface area contributed by atoms with E-state index in [-0.39, 0.29) is 0 Å². The highest BCUT2D eigenvalue weighted by molar-refractivity contribution is 5.47. The van der Waals surface area contributed by atoms with E-state index in [2.05, 4.69) is 49.0 Å². The molecule has 0 fully saturated rings. The number of hydrogen-bond acceptors (Lipinski definition) is 5. The van der Waals surface area contributed by atoms with Crippen molar-refractivity contribution >= 4 is 5.69 Å². The summed E-state index contributed by atoms with van der Waals surface area (Å²) in [6, 6.07) is 4.23. The molecule has 0 aliphatic carbocycles. The highest BCUT2D eigenvalue weighted by atomic mass is 15.3. The zero-order chi connectivity index (χ0) is 13.8. The Morgan fingerprint density at radius 2 is 2.30 bits per heavy atom. The van der Waals surface area contributed by atoms with Crippen LogP contribution in [0, 0.1) is 0 Å². The van der Waals surface area contributed by atoms with E-state index < -0.39 is 0 Å². The quantitative estimate of drug-likeness (QED) is 0.829. The molecule has 1 N–H and O–H groups in total. The normalized spacial score (nSPS) is 14.3. The van der Waals surface area contributed by atoms with Crippen molar-refractivity contribution in [2.75, 3.05) is 18.0 Å². The monoisotopic (exact) mass is 272 g/mol. The number of nitrogens with zero attached hydrogens (tertiary/aromatic N) is 5. The van der Waals surface area contributed by atoms with Crippen molar-refractivity contribution in [3.05, 3.63) is 36.2 Å². The number of aromatic nitrogens is 4. The van der Waals surface area contributed by atoms with Crippen LogP contribution in [0.2, 0.25) is 0 Å². The van der Waals surface area contributed by atoms with Crippen molar-refractivity contribution in [1.29, 1.82) is 0 Å². The van der Waals surface area contributed by atoms with E-state index in [4.69, 9.17) is 0 Å². The lowest BCUT2D eigenvalue weighted by Gasteiger charge is -2.29. The molecule has 0 atom stereocenters. The van der Waals surface area contributed by atoms with Gasteiger partial charge in [0.15, 0.2) is 5.82 Å². The Morgan fingerprint density at radius 3 is 3.20 bits per heavy atom. The largest absolute Gasteiger partial charge is 0.362 e. The molecule has 0 aromatic carbocycles. The number of nitrogens with one attached hydrogen (secondary N) is 1. The van der Waals surface area contributed by atoms with Gasteiger partial charge in [-0.15, -0.1) is 10.2 Å². The maximum Gasteiger partial charge on any atom is 0.152 e. The molecular weight excluding hydrogens is 252 g/mol. The third kappa shape index (κ3) is 2.80. The molecule has 0 unspecified atom stereocenters. The summed E-state index contributed by atoms with van der Waals surface area (Å²) in [7, 11) is 0. The van der Waals surface area contributed by atoms with Gasteiger partial charge in [-0.05, 0) is 25.1 Å². The predicted molar refractivity (Wildman–Crippen MR) is 77.3 cm³/mol. The molecule has 0 saturated heterocycles. The fourth-order valence-electron chi connectivity index (χ4n) is 2.44. The van der Waals surface area contributed by atoms with Crippen molar-refractivity contribution in [2.45, 2.75) is 33.0 Å². The average molecular weight is 272 g/mol. The first-order valence-corrected chi connectivity index (χ1v) is 7.14. The lowest BCUT2D eigenvalue weighted by molar-refractivity contribution is 0.559. The van der Waals surface area contributed by atoms with Crippen LogP contribution in [0.5, 0.6) is 0 Å². The summed E-state index contributed by atoms with van der Waals surface area (Å²) < 4.78 is 2.11. The molecule has 0 spiro atoms. The summed E-state index contributed by atoms with van der Waals surface area (Å²) in [5.74, 6) is 1.03. The van der Waals surface area contributed by atoms with Crippen LogP contribution in [-0.2, 0) is 19.6 Å². The number of fused-ring (bicyclic) bond motifs is 1. The van der Waals surface area contributed by atoms with Crippen LogP contribution in [-0.4, -0.2) is 32.8 Å². The van der Waals surface area contributed by atoms with Gasteiger partial charge in [0.05, 0.1) is 12.2 Å². The lowest BCUT2D eigenvalue weighted by atomic mass is 10.2. The molecule has 106 valence electrons. The summed E-state index contributed by atoms with van der Waals surface area (Å²) in [5, 5.41) is 11.5. The summed E-state index contributed by atoms with van der Waals surface area (Å²) in [4.78, 5) is 6.75. The van der Waals surface area contributed by atoms with Crippen LogP contribution in [0.25, 0.3) is 0 Å². The molecule has 1 aliphatic heterocycles. The zero-order valence-electron chi connectivity index (χ0n) is 11.8. The predicted octanol–water partition coefficient (Wildman–Crippen LogP) is 1.19. The van der Waals surface area contributed by atoms with Gasteiger partial charge in [0.1, 0.15) is 6.33 Å². The minimum absolute atomic E-state index is 0.811. The van der Waals surface area contributed by atoms with Gasteiger partial charge < -0.3 is 14.8 Å². The van der Waals surface area contributed by atoms with E-state index in [9.17, 15) is 0 Å². The number of anilines is 1. The molecule has 6 heteroatoms. The van der Waals surface area contributed by atoms with Gasteiger partial charge in [0.2, 0.25) is 0 Å². The molecule has 2 aromatic rings. The summed E-state index contributed by atoms with van der Waals surface area (Å²) in [5.41, 5.74) is 2.30. The Bertz CT molecular complexity index is 564. The van der Waals surface area contributed by atoms with E-state index >= 15 is 0 Å². The lowest BCUT2D eigenvalue weighted by Crippen LogP contribution is -2.33. The Labute approximate surface area is 118 Å². The van der Waals surface area contributed by atoms with Gasteiger partial charge in [-0.1, -0.05) is 6.92 Å². The summed E-state index contributed by atoms with van der Waals surface area (Å²) in [6.07, 6.45) is 4.83. The van der Waals surface area contributed by atoms with Crippen LogP contribution in [0.1, 0.15) is 24.9 Å². The molecule has 2 aromatic heterocycles. The summed E-state index contributed by atoms with van der Waals surface area (Å²) in [6.45, 7) is 6.75. The molecule has 0 bridgehead atoms. The standard InChI is InChI=1S/C14H20N6/c1-2-4-15-9-12-8-13(3-5-16-12)19-6-7-20-11-17-18-14(20)10-19/h3,5,8,11,15H,2,4,6-7,9-10H2,1H3. The van der Waals surface area contributed by atoms with Gasteiger partial charge in [0.25, 0.3) is 0 Å². The second-order valence-electron chi connectivity index (χ2n) is 5.04. The van der Waals surface area contributed by atoms with Gasteiger partial charge in [-0.25, -0.2) is 0 Å². The third-order valence-electron chi connectivity index (χ3n) is 3.54. The number of hydrogen-bond donors (Lipinski definition) is 1. The van der Waals surface area contributed by atoms with Crippen LogP contribution in [0.15, 0.2) is 24.7 Å². The third-order valence-corrected chi connectivity index (χ3v) is 3.54. The second kappa shape index (κ2) is 6.00. The highest BCUT2D eigenvalue weighted by Gasteiger charge is 2.17. The fourth-order valence-corrected chi connectivity index (χ4v) is 2.44. The molecule has 0 saturated carbocycles. The van der Waals surface area contributed by atoms with Crippen LogP contribution in [0.4, 0.5) is 5.69 Å². The first-order chi connectivity index (χ1) is 9.86. The van der Waals surface area contributed by atoms with Crippen LogP contribution < -0.4 is 10.2 Å². The van der Waals surface area contributed by atoms with Crippen molar-refractivity contribution in [3.8, 4) is 0 Å². The molecule has 6 nitrogen and oxygen atoms in total. The topological polar surface area (TPSA) is 58.9 Å². The Morgan fingerprint density at radius 1 is 1.35 bits per heavy atom. The minimum atomic E-state index is 0.811. The number of pyridine rings is 1. The Kier molecular flexibility index (Phi) is 3.92. The Balaban J connectivity index is 1.70. The average Bonchev–Trinajstić information content (AvgIpc) is 2.95. The van der Waals surface area contributed by atoms with E-state index in [0.29, 0.717) is 0 Å². The number of rotatable bonds is 5. The second-order valence-corrected chi connectivity index (χ2v) is 5.04. The SMILES string of the molecule is CCCNCc1cc(N2CCn3cnnc3C2)ccn1. The highest BCUT2D eigenvalue weighted by Crippen LogP contribution is 2.19. The maximum absolute atomic E-state index is 4.42. The first kappa shape index (κ1) is 13.1. The molecule has 0 amide bonds. The maximum atomic E-state index is 4.42. The molecule has 1 aliphatic rings. The molecule has 20 heavy (non-hydrogen) atoms. The molecule has 0 radical (unpaired) electrons. The van der Waals surface area contributed by atoms with Gasteiger partial charge in [0, 0.05) is 31.5 Å². The van der Waals surface area contributed by atoms with Gasteiger partial charge >= 0.3 is 0 Å². The van der Waals surface area contributed by atoms with E-state index in [0.717, 1.165) is 50.7 Å². The van der Waals surface area contributed by atoms with E-state index in [1.165, 1.54) is 5.69 Å². The minimum Gasteiger partial charge on any atom is -0.362 e. The fraction of sp³-hybridized carbons (Fsp3) is 0.500. The smallest absolute Gasteiger partial charge is 0.152 e. The zero-order valence-corrected chi connectivity index (χ0v) is 11.8. The molecular formula is C14H20N6. The summed E-state index contributed by atoms with van der Waals surface area (Å²) >= 11 is 0. The van der Waals surface area contributed by atoms with Crippen LogP contribution >= 0.6 is 0 Å². The van der Waals surface area contributed by atoms with Gasteiger partial charge in [-0.3, -0.25) is 4.98 Å². The van der Waals surface area contributed by atoms with Crippen LogP contribution in [0.3, 0.4) is 0 Å². The molecule has 3 rings (SSSR count). The van der Waals surface area contributed by atoms with Gasteiger partial charge in [-0.2, -0.15) is 0 Å². The van der Waals surface area contributed by atoms with Crippen molar-refractivity contribution in [1.82, 2.24) is 25.1 Å². The van der Waals surface area contributed by atoms with Crippen molar-refractivity contribution in [3.63, 3.8) is 0 Å². The van der Waals surface area contributed by atoms with E-state index in [1.54, 1.807) is 6.33 Å². The van der Waals surface area contributed by atoms with E-state index in [1.807, 2.05) is 6.20 Å². The van der Waals surface area contributed by atoms with Crippen molar-refractivity contribution in [2.24, 2.45) is 0 Å².